The van der Waals surface area contributed by atoms with E-state index in [1.54, 1.807) is 0 Å². The molecule has 1 aromatic heterocycles. The Bertz CT molecular complexity index is 1080. The number of hydrogen-bond acceptors (Lipinski definition) is 3. The van der Waals surface area contributed by atoms with Gasteiger partial charge in [-0.25, -0.2) is 0 Å². The number of pyridine rings is 1. The van der Waals surface area contributed by atoms with Gasteiger partial charge >= 0.3 is 0 Å². The smallest absolute Gasteiger partial charge is 0.153 e. The Kier molecular flexibility index (Phi) is 4.44. The minimum Gasteiger partial charge on any atom is -0.321 e. The highest BCUT2D eigenvalue weighted by Gasteiger charge is 2.22. The number of rotatable bonds is 3. The quantitative estimate of drug-likeness (QED) is 0.675. The number of para-hydroxylation sites is 1. The van der Waals surface area contributed by atoms with E-state index in [-0.39, 0.29) is 6.17 Å². The van der Waals surface area contributed by atoms with Gasteiger partial charge in [-0.3, -0.25) is 9.98 Å². The van der Waals surface area contributed by atoms with Crippen LogP contribution in [0.25, 0.3) is 6.20 Å². The van der Waals surface area contributed by atoms with E-state index in [1.165, 1.54) is 36.9 Å². The van der Waals surface area contributed by atoms with E-state index in [0.29, 0.717) is 0 Å². The summed E-state index contributed by atoms with van der Waals surface area (Å²) in [6.45, 7) is 2.02. The second-order valence-corrected chi connectivity index (χ2v) is 7.90. The van der Waals surface area contributed by atoms with E-state index in [9.17, 15) is 0 Å². The summed E-state index contributed by atoms with van der Waals surface area (Å²) in [7, 11) is 0. The van der Waals surface area contributed by atoms with Crippen LogP contribution in [0.15, 0.2) is 71.9 Å². The van der Waals surface area contributed by atoms with Gasteiger partial charge in [-0.15, -0.1) is 0 Å². The Morgan fingerprint density at radius 3 is 2.36 bits per heavy atom. The molecule has 0 N–H and O–H groups in total. The topological polar surface area (TPSA) is 28.5 Å². The highest BCUT2D eigenvalue weighted by Crippen LogP contribution is 2.36. The molecule has 1 atom stereocenters. The molecule has 3 aromatic rings. The van der Waals surface area contributed by atoms with Crippen molar-refractivity contribution in [1.29, 1.82) is 0 Å². The summed E-state index contributed by atoms with van der Waals surface area (Å²) >= 11 is 0. The van der Waals surface area contributed by atoms with E-state index in [4.69, 9.17) is 4.99 Å². The summed E-state index contributed by atoms with van der Waals surface area (Å²) in [5.74, 6) is 0.738. The molecule has 2 heterocycles. The second-order valence-electron chi connectivity index (χ2n) is 7.90. The van der Waals surface area contributed by atoms with Gasteiger partial charge in [-0.05, 0) is 55.5 Å². The van der Waals surface area contributed by atoms with Crippen LogP contribution in [0.4, 0.5) is 5.69 Å². The molecule has 0 bridgehead atoms. The minimum atomic E-state index is -0.0969. The van der Waals surface area contributed by atoms with Crippen LogP contribution in [0.1, 0.15) is 54.6 Å². The van der Waals surface area contributed by atoms with E-state index in [0.717, 1.165) is 27.8 Å². The third-order valence-electron chi connectivity index (χ3n) is 5.99. The lowest BCUT2D eigenvalue weighted by Gasteiger charge is -2.30. The first-order valence-electron chi connectivity index (χ1n) is 10.2. The van der Waals surface area contributed by atoms with Gasteiger partial charge in [0, 0.05) is 34.6 Å². The zero-order valence-corrected chi connectivity index (χ0v) is 16.3. The third kappa shape index (κ3) is 3.22. The van der Waals surface area contributed by atoms with Gasteiger partial charge in [0.1, 0.15) is 0 Å². The molecule has 3 heteroatoms. The van der Waals surface area contributed by atoms with Crippen LogP contribution in [0, 0.1) is 6.92 Å². The Hall–Kier alpha value is -2.94. The molecule has 5 rings (SSSR count). The largest absolute Gasteiger partial charge is 0.321 e. The maximum Gasteiger partial charge on any atom is 0.153 e. The predicted molar refractivity (Wildman–Crippen MR) is 114 cm³/mol. The maximum atomic E-state index is 5.06. The van der Waals surface area contributed by atoms with Gasteiger partial charge in [-0.2, -0.15) is 0 Å². The van der Waals surface area contributed by atoms with Crippen molar-refractivity contribution >= 4 is 11.9 Å². The van der Waals surface area contributed by atoms with Crippen molar-refractivity contribution in [3.8, 4) is 0 Å². The molecular formula is C25H25N3. The van der Waals surface area contributed by atoms with Crippen molar-refractivity contribution < 1.29 is 0 Å². The molecular weight excluding hydrogens is 342 g/mol. The summed E-state index contributed by atoms with van der Waals surface area (Å²) in [5, 5.41) is 2.19. The lowest BCUT2D eigenvalue weighted by atomic mass is 9.97. The van der Waals surface area contributed by atoms with Gasteiger partial charge in [-0.1, -0.05) is 49.2 Å². The van der Waals surface area contributed by atoms with Gasteiger partial charge in [0.15, 0.2) is 6.17 Å². The van der Waals surface area contributed by atoms with Crippen LogP contribution in [-0.2, 0) is 0 Å². The molecule has 2 aliphatic rings. The maximum absolute atomic E-state index is 5.06. The average molecular weight is 367 g/mol. The van der Waals surface area contributed by atoms with Crippen LogP contribution < -0.4 is 15.5 Å². The molecule has 0 amide bonds. The second kappa shape index (κ2) is 7.23. The van der Waals surface area contributed by atoms with E-state index >= 15 is 0 Å². The summed E-state index contributed by atoms with van der Waals surface area (Å²) in [6.07, 6.45) is 9.46. The number of anilines is 1. The molecule has 140 valence electrons. The van der Waals surface area contributed by atoms with Crippen LogP contribution in [0.5, 0.6) is 0 Å². The summed E-state index contributed by atoms with van der Waals surface area (Å²) in [6, 6.07) is 21.7. The lowest BCUT2D eigenvalue weighted by molar-refractivity contribution is 0.706. The SMILES string of the molecule is Cc1ccc(C2N=c3ccccc3=CN2c2ccc(C3CCCC3)cc2)cn1. The van der Waals surface area contributed by atoms with Crippen molar-refractivity contribution in [2.24, 2.45) is 4.99 Å². The molecule has 3 nitrogen and oxygen atoms in total. The van der Waals surface area contributed by atoms with Gasteiger partial charge in [0.2, 0.25) is 0 Å². The van der Waals surface area contributed by atoms with E-state index in [1.807, 2.05) is 19.2 Å². The van der Waals surface area contributed by atoms with Crippen molar-refractivity contribution in [2.45, 2.75) is 44.7 Å². The van der Waals surface area contributed by atoms with Gasteiger partial charge in [0.25, 0.3) is 0 Å². The molecule has 0 radical (unpaired) electrons. The van der Waals surface area contributed by atoms with Gasteiger partial charge < -0.3 is 4.90 Å². The number of nitrogens with zero attached hydrogens (tertiary/aromatic N) is 3. The number of benzene rings is 2. The normalized spacial score (nSPS) is 19.0. The monoisotopic (exact) mass is 367 g/mol. The number of fused-ring (bicyclic) bond motifs is 1. The fraction of sp³-hybridized carbons (Fsp3) is 0.280. The molecule has 1 fully saturated rings. The molecule has 1 aliphatic carbocycles. The van der Waals surface area contributed by atoms with Gasteiger partial charge in [0.05, 0.1) is 5.36 Å². The highest BCUT2D eigenvalue weighted by molar-refractivity contribution is 5.62. The number of aromatic nitrogens is 1. The average Bonchev–Trinajstić information content (AvgIpc) is 3.28. The van der Waals surface area contributed by atoms with Crippen molar-refractivity contribution in [1.82, 2.24) is 4.98 Å². The molecule has 0 spiro atoms. The highest BCUT2D eigenvalue weighted by atomic mass is 15.2. The predicted octanol–water partition coefficient (Wildman–Crippen LogP) is 4.62. The van der Waals surface area contributed by atoms with Crippen molar-refractivity contribution in [2.75, 3.05) is 4.90 Å². The Labute approximate surface area is 166 Å². The Balaban J connectivity index is 1.56. The summed E-state index contributed by atoms with van der Waals surface area (Å²) in [5.41, 5.74) is 4.78. The standard InChI is InChI=1S/C25H25N3/c1-18-10-11-21(16-26-18)25-27-24-9-5-4-8-22(24)17-28(25)23-14-12-20(13-15-23)19-6-2-3-7-19/h4-5,8-17,19,25H,2-3,6-7H2,1H3. The fourth-order valence-electron chi connectivity index (χ4n) is 4.39. The summed E-state index contributed by atoms with van der Waals surface area (Å²) in [4.78, 5) is 11.8. The summed E-state index contributed by atoms with van der Waals surface area (Å²) < 4.78 is 0. The van der Waals surface area contributed by atoms with Crippen LogP contribution in [-0.4, -0.2) is 4.98 Å². The first-order valence-corrected chi connectivity index (χ1v) is 10.2. The van der Waals surface area contributed by atoms with E-state index in [2.05, 4.69) is 70.7 Å². The first-order chi connectivity index (χ1) is 13.8. The van der Waals surface area contributed by atoms with Crippen LogP contribution >= 0.6 is 0 Å². The molecule has 1 aliphatic heterocycles. The lowest BCUT2D eigenvalue weighted by Crippen LogP contribution is -2.37. The number of aryl methyl sites for hydroxylation is 1. The molecule has 1 saturated carbocycles. The first kappa shape index (κ1) is 17.2. The minimum absolute atomic E-state index is 0.0969. The molecule has 2 aromatic carbocycles. The zero-order valence-electron chi connectivity index (χ0n) is 16.3. The third-order valence-corrected chi connectivity index (χ3v) is 5.99. The number of hydrogen-bond donors (Lipinski definition) is 0. The van der Waals surface area contributed by atoms with E-state index < -0.39 is 0 Å². The molecule has 1 unspecified atom stereocenters. The van der Waals surface area contributed by atoms with Crippen molar-refractivity contribution in [3.63, 3.8) is 0 Å². The van der Waals surface area contributed by atoms with Crippen LogP contribution in [0.3, 0.4) is 0 Å². The Morgan fingerprint density at radius 2 is 1.61 bits per heavy atom. The fourth-order valence-corrected chi connectivity index (χ4v) is 4.39. The Morgan fingerprint density at radius 1 is 0.857 bits per heavy atom. The molecule has 0 saturated heterocycles. The molecule has 28 heavy (non-hydrogen) atoms. The van der Waals surface area contributed by atoms with Crippen molar-refractivity contribution in [3.05, 3.63) is 94.3 Å². The van der Waals surface area contributed by atoms with Crippen LogP contribution in [0.2, 0.25) is 0 Å². The zero-order chi connectivity index (χ0) is 18.9.